The second-order valence-electron chi connectivity index (χ2n) is 7.97. The van der Waals surface area contributed by atoms with Crippen LogP contribution in [0.3, 0.4) is 0 Å². The van der Waals surface area contributed by atoms with Gasteiger partial charge in [-0.2, -0.15) is 0 Å². The molecular formula is C20H38O. The van der Waals surface area contributed by atoms with Crippen LogP contribution >= 0.6 is 0 Å². The first-order valence-electron chi connectivity index (χ1n) is 9.48. The number of hydrogen-bond donors (Lipinski definition) is 0. The van der Waals surface area contributed by atoms with Gasteiger partial charge >= 0.3 is 0 Å². The average Bonchev–Trinajstić information content (AvgIpc) is 2.48. The Kier molecular flexibility index (Phi) is 8.59. The maximum atomic E-state index is 11.4. The SMILES string of the molecule is CC1CCC(C(C)C)CC1.CCC(C)C1CCCCC1=O. The maximum Gasteiger partial charge on any atom is 0.136 e. The van der Waals surface area contributed by atoms with Crippen molar-refractivity contribution in [1.29, 1.82) is 0 Å². The minimum atomic E-state index is 0.397. The highest BCUT2D eigenvalue weighted by Gasteiger charge is 2.25. The topological polar surface area (TPSA) is 17.1 Å². The first kappa shape index (κ1) is 18.7. The van der Waals surface area contributed by atoms with Crippen LogP contribution in [-0.4, -0.2) is 5.78 Å². The Labute approximate surface area is 133 Å². The van der Waals surface area contributed by atoms with E-state index in [1.807, 2.05) is 0 Å². The van der Waals surface area contributed by atoms with Gasteiger partial charge in [0.25, 0.3) is 0 Å². The van der Waals surface area contributed by atoms with E-state index >= 15 is 0 Å². The molecule has 2 unspecified atom stereocenters. The van der Waals surface area contributed by atoms with Gasteiger partial charge in [-0.15, -0.1) is 0 Å². The summed E-state index contributed by atoms with van der Waals surface area (Å²) in [6.07, 6.45) is 11.5. The minimum absolute atomic E-state index is 0.397. The molecule has 124 valence electrons. The van der Waals surface area contributed by atoms with Crippen LogP contribution in [-0.2, 0) is 4.79 Å². The predicted octanol–water partition coefficient (Wildman–Crippen LogP) is 6.26. The normalized spacial score (nSPS) is 31.5. The van der Waals surface area contributed by atoms with Crippen molar-refractivity contribution in [3.63, 3.8) is 0 Å². The molecule has 0 radical (unpaired) electrons. The molecule has 0 amide bonds. The van der Waals surface area contributed by atoms with E-state index in [2.05, 4.69) is 34.6 Å². The van der Waals surface area contributed by atoms with Crippen molar-refractivity contribution in [3.8, 4) is 0 Å². The molecule has 0 bridgehead atoms. The molecule has 0 aromatic carbocycles. The lowest BCUT2D eigenvalue weighted by atomic mass is 9.78. The van der Waals surface area contributed by atoms with Crippen LogP contribution in [0.4, 0.5) is 0 Å². The number of rotatable bonds is 3. The number of carbonyl (C=O) groups is 1. The Bertz CT molecular complexity index is 286. The lowest BCUT2D eigenvalue weighted by Crippen LogP contribution is -2.24. The molecule has 2 aliphatic carbocycles. The number of Topliss-reactive ketones (excluding diaryl/α,β-unsaturated/α-hetero) is 1. The molecule has 2 atom stereocenters. The summed E-state index contributed by atoms with van der Waals surface area (Å²) in [7, 11) is 0. The Morgan fingerprint density at radius 1 is 1.00 bits per heavy atom. The molecule has 0 spiro atoms. The van der Waals surface area contributed by atoms with E-state index in [0.29, 0.717) is 17.6 Å². The Hall–Kier alpha value is -0.330. The summed E-state index contributed by atoms with van der Waals surface area (Å²) >= 11 is 0. The fraction of sp³-hybridized carbons (Fsp3) is 0.950. The largest absolute Gasteiger partial charge is 0.299 e. The van der Waals surface area contributed by atoms with Gasteiger partial charge in [0.2, 0.25) is 0 Å². The van der Waals surface area contributed by atoms with Crippen LogP contribution in [0, 0.1) is 29.6 Å². The zero-order valence-electron chi connectivity index (χ0n) is 15.2. The molecule has 0 aromatic heterocycles. The van der Waals surface area contributed by atoms with Crippen molar-refractivity contribution < 1.29 is 4.79 Å². The van der Waals surface area contributed by atoms with Crippen LogP contribution in [0.1, 0.15) is 92.4 Å². The molecule has 1 heteroatoms. The summed E-state index contributed by atoms with van der Waals surface area (Å²) in [4.78, 5) is 11.4. The van der Waals surface area contributed by atoms with E-state index in [-0.39, 0.29) is 0 Å². The fourth-order valence-corrected chi connectivity index (χ4v) is 3.85. The van der Waals surface area contributed by atoms with E-state index in [9.17, 15) is 4.79 Å². The Morgan fingerprint density at radius 3 is 2.10 bits per heavy atom. The number of ketones is 1. The van der Waals surface area contributed by atoms with Gasteiger partial charge in [0.15, 0.2) is 0 Å². The van der Waals surface area contributed by atoms with Crippen LogP contribution in [0.2, 0.25) is 0 Å². The molecule has 2 fully saturated rings. The molecule has 2 saturated carbocycles. The van der Waals surface area contributed by atoms with E-state index < -0.39 is 0 Å². The lowest BCUT2D eigenvalue weighted by molar-refractivity contribution is -0.126. The molecule has 0 N–H and O–H groups in total. The van der Waals surface area contributed by atoms with Crippen molar-refractivity contribution in [2.45, 2.75) is 92.4 Å². The van der Waals surface area contributed by atoms with E-state index in [1.165, 1.54) is 32.1 Å². The average molecular weight is 295 g/mol. The number of carbonyl (C=O) groups excluding carboxylic acids is 1. The Balaban J connectivity index is 0.000000211. The smallest absolute Gasteiger partial charge is 0.136 e. The summed E-state index contributed by atoms with van der Waals surface area (Å²) in [5, 5.41) is 0. The zero-order chi connectivity index (χ0) is 15.8. The van der Waals surface area contributed by atoms with Gasteiger partial charge in [0.1, 0.15) is 5.78 Å². The maximum absolute atomic E-state index is 11.4. The minimum Gasteiger partial charge on any atom is -0.299 e. The van der Waals surface area contributed by atoms with Gasteiger partial charge < -0.3 is 0 Å². The highest BCUT2D eigenvalue weighted by atomic mass is 16.1. The van der Waals surface area contributed by atoms with Gasteiger partial charge in [-0.05, 0) is 49.4 Å². The summed E-state index contributed by atoms with van der Waals surface area (Å²) in [6.45, 7) is 11.5. The Morgan fingerprint density at radius 2 is 1.62 bits per heavy atom. The molecule has 0 saturated heterocycles. The van der Waals surface area contributed by atoms with E-state index in [1.54, 1.807) is 0 Å². The standard InChI is InChI=1S/C10H18O.C10H20/c1-3-8(2)9-6-4-5-7-10(9)11;1-8(2)10-6-4-9(3)5-7-10/h8-9H,3-7H2,1-2H3;8-10H,4-7H2,1-3H3. The summed E-state index contributed by atoms with van der Waals surface area (Å²) in [5.41, 5.74) is 0. The predicted molar refractivity (Wildman–Crippen MR) is 92.4 cm³/mol. The highest BCUT2D eigenvalue weighted by molar-refractivity contribution is 5.81. The van der Waals surface area contributed by atoms with Gasteiger partial charge in [0, 0.05) is 12.3 Å². The molecular weight excluding hydrogens is 256 g/mol. The first-order chi connectivity index (χ1) is 9.95. The van der Waals surface area contributed by atoms with E-state index in [0.717, 1.165) is 43.4 Å². The second kappa shape index (κ2) is 9.64. The van der Waals surface area contributed by atoms with Crippen LogP contribution in [0.25, 0.3) is 0 Å². The third-order valence-electron chi connectivity index (χ3n) is 5.94. The molecule has 2 rings (SSSR count). The number of hydrogen-bond acceptors (Lipinski definition) is 1. The monoisotopic (exact) mass is 294 g/mol. The third kappa shape index (κ3) is 6.53. The first-order valence-corrected chi connectivity index (χ1v) is 9.48. The molecule has 0 aromatic rings. The lowest BCUT2D eigenvalue weighted by Gasteiger charge is -2.28. The van der Waals surface area contributed by atoms with Crippen molar-refractivity contribution in [2.75, 3.05) is 0 Å². The molecule has 1 nitrogen and oxygen atoms in total. The van der Waals surface area contributed by atoms with Crippen molar-refractivity contribution in [1.82, 2.24) is 0 Å². The van der Waals surface area contributed by atoms with Crippen molar-refractivity contribution in [3.05, 3.63) is 0 Å². The van der Waals surface area contributed by atoms with Gasteiger partial charge in [-0.25, -0.2) is 0 Å². The summed E-state index contributed by atoms with van der Waals surface area (Å²) in [5.74, 6) is 4.50. The highest BCUT2D eigenvalue weighted by Crippen LogP contribution is 2.32. The van der Waals surface area contributed by atoms with E-state index in [4.69, 9.17) is 0 Å². The van der Waals surface area contributed by atoms with Gasteiger partial charge in [-0.3, -0.25) is 4.79 Å². The van der Waals surface area contributed by atoms with Crippen molar-refractivity contribution in [2.24, 2.45) is 29.6 Å². The van der Waals surface area contributed by atoms with Gasteiger partial charge in [0.05, 0.1) is 0 Å². The second-order valence-corrected chi connectivity index (χ2v) is 7.97. The third-order valence-corrected chi connectivity index (χ3v) is 5.94. The zero-order valence-corrected chi connectivity index (χ0v) is 15.2. The molecule has 0 aliphatic heterocycles. The van der Waals surface area contributed by atoms with Crippen LogP contribution in [0.15, 0.2) is 0 Å². The molecule has 21 heavy (non-hydrogen) atoms. The summed E-state index contributed by atoms with van der Waals surface area (Å²) in [6, 6.07) is 0. The quantitative estimate of drug-likeness (QED) is 0.600. The molecule has 2 aliphatic rings. The van der Waals surface area contributed by atoms with Crippen LogP contribution < -0.4 is 0 Å². The molecule has 0 heterocycles. The summed E-state index contributed by atoms with van der Waals surface area (Å²) < 4.78 is 0. The fourth-order valence-electron chi connectivity index (χ4n) is 3.85. The van der Waals surface area contributed by atoms with Crippen molar-refractivity contribution >= 4 is 5.78 Å². The van der Waals surface area contributed by atoms with Crippen LogP contribution in [0.5, 0.6) is 0 Å². The van der Waals surface area contributed by atoms with Gasteiger partial charge in [-0.1, -0.05) is 60.3 Å².